The lowest BCUT2D eigenvalue weighted by Crippen LogP contribution is -2.15. The molecule has 1 amide bonds. The molecule has 1 heterocycles. The van der Waals surface area contributed by atoms with E-state index in [4.69, 9.17) is 23.2 Å². The summed E-state index contributed by atoms with van der Waals surface area (Å²) < 4.78 is 1.00. The van der Waals surface area contributed by atoms with Gasteiger partial charge >= 0.3 is 0 Å². The zero-order chi connectivity index (χ0) is 15.4. The van der Waals surface area contributed by atoms with Crippen molar-refractivity contribution in [2.24, 2.45) is 0 Å². The van der Waals surface area contributed by atoms with Crippen LogP contribution in [0, 0.1) is 6.92 Å². The zero-order valence-corrected chi connectivity index (χ0v) is 14.9. The first-order valence-corrected chi connectivity index (χ1v) is 8.49. The summed E-state index contributed by atoms with van der Waals surface area (Å²) in [6.07, 6.45) is 1.47. The second-order valence-electron chi connectivity index (χ2n) is 4.18. The molecule has 2 aromatic rings. The van der Waals surface area contributed by atoms with Crippen LogP contribution in [0.4, 0.5) is 5.82 Å². The van der Waals surface area contributed by atoms with Gasteiger partial charge in [-0.15, -0.1) is 11.8 Å². The van der Waals surface area contributed by atoms with E-state index in [-0.39, 0.29) is 11.7 Å². The first-order valence-electron chi connectivity index (χ1n) is 5.96. The van der Waals surface area contributed by atoms with Crippen LogP contribution in [0.2, 0.25) is 10.0 Å². The topological polar surface area (TPSA) is 42.0 Å². The van der Waals surface area contributed by atoms with Crippen molar-refractivity contribution in [2.75, 3.05) is 11.1 Å². The molecule has 0 radical (unpaired) electrons. The minimum Gasteiger partial charge on any atom is -0.309 e. The molecule has 2 rings (SSSR count). The van der Waals surface area contributed by atoms with Gasteiger partial charge in [-0.1, -0.05) is 39.1 Å². The molecule has 0 aliphatic carbocycles. The van der Waals surface area contributed by atoms with Gasteiger partial charge in [-0.3, -0.25) is 4.79 Å². The van der Waals surface area contributed by atoms with Crippen LogP contribution in [0.5, 0.6) is 0 Å². The van der Waals surface area contributed by atoms with Gasteiger partial charge in [0.05, 0.1) is 15.8 Å². The summed E-state index contributed by atoms with van der Waals surface area (Å²) in [5.41, 5.74) is 0.698. The largest absolute Gasteiger partial charge is 0.309 e. The molecule has 1 N–H and O–H groups in total. The lowest BCUT2D eigenvalue weighted by molar-refractivity contribution is -0.113. The zero-order valence-electron chi connectivity index (χ0n) is 11.0. The molecule has 0 aliphatic heterocycles. The molecular formula is C14H11BrCl2N2OS. The maximum absolute atomic E-state index is 11.9. The number of anilines is 1. The van der Waals surface area contributed by atoms with Crippen molar-refractivity contribution in [1.29, 1.82) is 0 Å². The molecule has 0 bridgehead atoms. The van der Waals surface area contributed by atoms with Crippen LogP contribution in [0.15, 0.2) is 39.8 Å². The molecule has 0 atom stereocenters. The summed E-state index contributed by atoms with van der Waals surface area (Å²) in [7, 11) is 0. The molecule has 0 saturated carbocycles. The number of hydrogen-bond donors (Lipinski definition) is 1. The Morgan fingerprint density at radius 2 is 2.00 bits per heavy atom. The van der Waals surface area contributed by atoms with Crippen molar-refractivity contribution in [3.05, 3.63) is 50.5 Å². The highest BCUT2D eigenvalue weighted by molar-refractivity contribution is 9.10. The van der Waals surface area contributed by atoms with Crippen molar-refractivity contribution in [3.8, 4) is 0 Å². The predicted molar refractivity (Wildman–Crippen MR) is 92.5 cm³/mol. The first kappa shape index (κ1) is 16.6. The third kappa shape index (κ3) is 4.61. The molecule has 7 heteroatoms. The Morgan fingerprint density at radius 3 is 2.67 bits per heavy atom. The summed E-state index contributed by atoms with van der Waals surface area (Å²) in [6.45, 7) is 1.78. The normalized spacial score (nSPS) is 10.5. The van der Waals surface area contributed by atoms with Crippen LogP contribution in [-0.2, 0) is 4.79 Å². The molecule has 0 unspecified atom stereocenters. The van der Waals surface area contributed by atoms with Gasteiger partial charge in [-0.25, -0.2) is 4.98 Å². The number of amides is 1. The molecule has 21 heavy (non-hydrogen) atoms. The maximum atomic E-state index is 11.9. The fourth-order valence-electron chi connectivity index (χ4n) is 1.49. The third-order valence-corrected chi connectivity index (χ3v) is 5.03. The minimum atomic E-state index is -0.168. The van der Waals surface area contributed by atoms with Gasteiger partial charge in [0.25, 0.3) is 0 Å². The number of carbonyl (C=O) groups excluding carboxylic acids is 1. The Balaban J connectivity index is 1.96. The van der Waals surface area contributed by atoms with Crippen LogP contribution in [-0.4, -0.2) is 16.6 Å². The first-order chi connectivity index (χ1) is 9.97. The van der Waals surface area contributed by atoms with Crippen molar-refractivity contribution in [2.45, 2.75) is 11.8 Å². The molecule has 3 nitrogen and oxygen atoms in total. The molecule has 0 fully saturated rings. The summed E-state index contributed by atoms with van der Waals surface area (Å²) in [5.74, 6) is 0.445. The number of thioether (sulfide) groups is 1. The number of pyridine rings is 1. The van der Waals surface area contributed by atoms with E-state index < -0.39 is 0 Å². The highest BCUT2D eigenvalue weighted by Crippen LogP contribution is 2.29. The minimum absolute atomic E-state index is 0.168. The number of rotatable bonds is 4. The number of halogens is 3. The quantitative estimate of drug-likeness (QED) is 0.711. The number of carbonyl (C=O) groups is 1. The fourth-order valence-corrected chi connectivity index (χ4v) is 2.84. The Labute approximate surface area is 145 Å². The van der Waals surface area contributed by atoms with Crippen LogP contribution in [0.3, 0.4) is 0 Å². The highest BCUT2D eigenvalue weighted by Gasteiger charge is 2.11. The van der Waals surface area contributed by atoms with Crippen molar-refractivity contribution >= 4 is 62.6 Å². The molecule has 1 aromatic carbocycles. The maximum Gasteiger partial charge on any atom is 0.235 e. The fraction of sp³-hybridized carbons (Fsp3) is 0.143. The molecule has 1 aromatic heterocycles. The summed E-state index contributed by atoms with van der Waals surface area (Å²) >= 11 is 16.8. The van der Waals surface area contributed by atoms with Crippen molar-refractivity contribution < 1.29 is 4.79 Å². The summed E-state index contributed by atoms with van der Waals surface area (Å²) in [5, 5.41) is 3.53. The second-order valence-corrected chi connectivity index (χ2v) is 6.93. The van der Waals surface area contributed by atoms with Crippen LogP contribution >= 0.6 is 50.9 Å². The van der Waals surface area contributed by atoms with E-state index in [2.05, 4.69) is 26.2 Å². The van der Waals surface area contributed by atoms with Crippen molar-refractivity contribution in [3.63, 3.8) is 0 Å². The van der Waals surface area contributed by atoms with Gasteiger partial charge in [0.2, 0.25) is 5.91 Å². The molecular weight excluding hydrogens is 395 g/mol. The van der Waals surface area contributed by atoms with Crippen LogP contribution in [0.25, 0.3) is 0 Å². The van der Waals surface area contributed by atoms with Gasteiger partial charge in [0.15, 0.2) is 5.82 Å². The standard InChI is InChI=1S/C14H11BrCl2N2OS/c1-8-11(16)6-18-14(13(8)17)19-12(20)7-21-10-4-2-9(15)3-5-10/h2-6H,7H2,1H3,(H,18,19,20). The lowest BCUT2D eigenvalue weighted by atomic mass is 10.3. The van der Waals surface area contributed by atoms with E-state index in [0.29, 0.717) is 21.4 Å². The Kier molecular flexibility index (Phi) is 5.93. The lowest BCUT2D eigenvalue weighted by Gasteiger charge is -2.09. The highest BCUT2D eigenvalue weighted by atomic mass is 79.9. The SMILES string of the molecule is Cc1c(Cl)cnc(NC(=O)CSc2ccc(Br)cc2)c1Cl. The predicted octanol–water partition coefficient (Wildman–Crippen LogP) is 5.19. The second kappa shape index (κ2) is 7.49. The van der Waals surface area contributed by atoms with Gasteiger partial charge in [-0.2, -0.15) is 0 Å². The molecule has 110 valence electrons. The Bertz CT molecular complexity index is 665. The van der Waals surface area contributed by atoms with E-state index in [9.17, 15) is 4.79 Å². The van der Waals surface area contributed by atoms with Gasteiger partial charge in [-0.05, 0) is 36.8 Å². The van der Waals surface area contributed by atoms with Gasteiger partial charge in [0.1, 0.15) is 0 Å². The summed E-state index contributed by atoms with van der Waals surface area (Å²) in [6, 6.07) is 7.75. The van der Waals surface area contributed by atoms with Crippen molar-refractivity contribution in [1.82, 2.24) is 4.98 Å². The number of nitrogens with zero attached hydrogens (tertiary/aromatic N) is 1. The number of benzene rings is 1. The Morgan fingerprint density at radius 1 is 1.33 bits per heavy atom. The van der Waals surface area contributed by atoms with E-state index in [0.717, 1.165) is 9.37 Å². The summed E-state index contributed by atoms with van der Waals surface area (Å²) in [4.78, 5) is 17.0. The van der Waals surface area contributed by atoms with E-state index in [1.54, 1.807) is 6.92 Å². The van der Waals surface area contributed by atoms with E-state index in [1.807, 2.05) is 24.3 Å². The van der Waals surface area contributed by atoms with E-state index in [1.165, 1.54) is 18.0 Å². The van der Waals surface area contributed by atoms with Crippen LogP contribution < -0.4 is 5.32 Å². The monoisotopic (exact) mass is 404 g/mol. The number of hydrogen-bond acceptors (Lipinski definition) is 3. The van der Waals surface area contributed by atoms with Gasteiger partial charge in [0, 0.05) is 15.6 Å². The Hall–Kier alpha value is -0.750. The number of aromatic nitrogens is 1. The number of nitrogens with one attached hydrogen (secondary N) is 1. The van der Waals surface area contributed by atoms with Crippen LogP contribution in [0.1, 0.15) is 5.56 Å². The van der Waals surface area contributed by atoms with E-state index >= 15 is 0 Å². The average molecular weight is 406 g/mol. The molecule has 0 spiro atoms. The van der Waals surface area contributed by atoms with Gasteiger partial charge < -0.3 is 5.32 Å². The smallest absolute Gasteiger partial charge is 0.235 e. The molecule has 0 aliphatic rings. The third-order valence-electron chi connectivity index (χ3n) is 2.64. The average Bonchev–Trinajstić information content (AvgIpc) is 2.47. The molecule has 0 saturated heterocycles.